The minimum Gasteiger partial charge on any atom is -0.362 e. The molecular weight excluding hydrogens is 176 g/mol. The van der Waals surface area contributed by atoms with Crippen LogP contribution in [0.3, 0.4) is 0 Å². The van der Waals surface area contributed by atoms with E-state index in [1.807, 2.05) is 30.3 Å². The van der Waals surface area contributed by atoms with Crippen LogP contribution in [0.2, 0.25) is 0 Å². The molecule has 1 aliphatic heterocycles. The highest BCUT2D eigenvalue weighted by Crippen LogP contribution is 2.24. The van der Waals surface area contributed by atoms with Crippen LogP contribution < -0.4 is 5.32 Å². The molecule has 2 aromatic rings. The third kappa shape index (κ3) is 0.923. The topological polar surface area (TPSA) is 42.0 Å². The van der Waals surface area contributed by atoms with Gasteiger partial charge in [0.2, 0.25) is 0 Å². The van der Waals surface area contributed by atoms with Crippen molar-refractivity contribution in [2.45, 2.75) is 0 Å². The van der Waals surface area contributed by atoms with Crippen molar-refractivity contribution in [1.82, 2.24) is 4.98 Å². The van der Waals surface area contributed by atoms with Crippen molar-refractivity contribution in [3.05, 3.63) is 35.9 Å². The van der Waals surface area contributed by atoms with Crippen LogP contribution in [0.15, 0.2) is 30.3 Å². The monoisotopic (exact) mass is 184 g/mol. The van der Waals surface area contributed by atoms with Gasteiger partial charge in [-0.25, -0.2) is 4.98 Å². The van der Waals surface area contributed by atoms with Gasteiger partial charge in [-0.05, 0) is 12.1 Å². The number of hydrogen-bond acceptors (Lipinski definition) is 3. The second-order valence-corrected chi connectivity index (χ2v) is 3.35. The van der Waals surface area contributed by atoms with E-state index in [4.69, 9.17) is 0 Å². The Bertz CT molecular complexity index is 534. The van der Waals surface area contributed by atoms with Gasteiger partial charge in [-0.2, -0.15) is 0 Å². The molecule has 1 N–H and O–H groups in total. The number of ketones is 1. The van der Waals surface area contributed by atoms with Gasteiger partial charge in [-0.15, -0.1) is 0 Å². The van der Waals surface area contributed by atoms with Crippen molar-refractivity contribution < 1.29 is 4.79 Å². The average Bonchev–Trinajstić information content (AvgIpc) is 2.57. The second-order valence-electron chi connectivity index (χ2n) is 3.35. The zero-order chi connectivity index (χ0) is 9.54. The quantitative estimate of drug-likeness (QED) is 0.679. The van der Waals surface area contributed by atoms with Crippen LogP contribution in [0.25, 0.3) is 10.9 Å². The van der Waals surface area contributed by atoms with Crippen LogP contribution in [-0.4, -0.2) is 17.3 Å². The molecule has 0 atom stereocenters. The summed E-state index contributed by atoms with van der Waals surface area (Å²) < 4.78 is 0. The van der Waals surface area contributed by atoms with Gasteiger partial charge >= 0.3 is 0 Å². The molecular formula is C11H8N2O. The summed E-state index contributed by atoms with van der Waals surface area (Å²) in [7, 11) is 0. The van der Waals surface area contributed by atoms with Crippen LogP contribution in [0.5, 0.6) is 0 Å². The van der Waals surface area contributed by atoms with Gasteiger partial charge < -0.3 is 5.32 Å². The number of fused-ring (bicyclic) bond motifs is 2. The number of hydrogen-bond donors (Lipinski definition) is 1. The van der Waals surface area contributed by atoms with E-state index >= 15 is 0 Å². The molecule has 1 aromatic carbocycles. The molecule has 3 nitrogen and oxygen atoms in total. The van der Waals surface area contributed by atoms with E-state index < -0.39 is 0 Å². The molecule has 68 valence electrons. The first-order chi connectivity index (χ1) is 6.84. The Labute approximate surface area is 80.8 Å². The molecule has 2 heterocycles. The van der Waals surface area contributed by atoms with Gasteiger partial charge in [0, 0.05) is 5.39 Å². The van der Waals surface area contributed by atoms with E-state index in [2.05, 4.69) is 10.3 Å². The molecule has 0 bridgehead atoms. The molecule has 0 amide bonds. The minimum atomic E-state index is 0.123. The molecule has 0 saturated heterocycles. The van der Waals surface area contributed by atoms with Crippen molar-refractivity contribution >= 4 is 22.5 Å². The van der Waals surface area contributed by atoms with Gasteiger partial charge in [0.05, 0.1) is 17.6 Å². The molecule has 0 fully saturated rings. The highest BCUT2D eigenvalue weighted by atomic mass is 16.1. The maximum absolute atomic E-state index is 11.4. The number of nitrogens with one attached hydrogen (secondary N) is 1. The SMILES string of the molecule is O=C1CNc2nc3ccccc3cc21. The fraction of sp³-hybridized carbons (Fsp3) is 0.0909. The number of nitrogens with zero attached hydrogens (tertiary/aromatic N) is 1. The molecule has 3 rings (SSSR count). The highest BCUT2D eigenvalue weighted by molar-refractivity contribution is 6.09. The van der Waals surface area contributed by atoms with Crippen LogP contribution in [0, 0.1) is 0 Å². The lowest BCUT2D eigenvalue weighted by Crippen LogP contribution is -2.00. The van der Waals surface area contributed by atoms with Crippen LogP contribution >= 0.6 is 0 Å². The Morgan fingerprint density at radius 2 is 2.14 bits per heavy atom. The fourth-order valence-electron chi connectivity index (χ4n) is 1.72. The Hall–Kier alpha value is -1.90. The Balaban J connectivity index is 2.38. The highest BCUT2D eigenvalue weighted by Gasteiger charge is 2.20. The van der Waals surface area contributed by atoms with Crippen LogP contribution in [0.4, 0.5) is 5.82 Å². The number of Topliss-reactive ketones (excluding diaryl/α,β-unsaturated/α-hetero) is 1. The largest absolute Gasteiger partial charge is 0.362 e. The Morgan fingerprint density at radius 3 is 3.07 bits per heavy atom. The maximum atomic E-state index is 11.4. The first-order valence-corrected chi connectivity index (χ1v) is 4.51. The fourth-order valence-corrected chi connectivity index (χ4v) is 1.72. The molecule has 0 spiro atoms. The van der Waals surface area contributed by atoms with Crippen molar-refractivity contribution in [1.29, 1.82) is 0 Å². The lowest BCUT2D eigenvalue weighted by Gasteiger charge is -2.00. The zero-order valence-electron chi connectivity index (χ0n) is 7.45. The molecule has 0 unspecified atom stereocenters. The molecule has 1 aromatic heterocycles. The standard InChI is InChI=1S/C11H8N2O/c14-10-6-12-11-8(10)5-7-3-1-2-4-9(7)13-11/h1-5H,6H2,(H,12,13). The zero-order valence-corrected chi connectivity index (χ0v) is 7.45. The summed E-state index contributed by atoms with van der Waals surface area (Å²) in [5.74, 6) is 0.840. The number of carbonyl (C=O) groups is 1. The van der Waals surface area contributed by atoms with Gasteiger partial charge in [0.1, 0.15) is 5.82 Å². The van der Waals surface area contributed by atoms with Crippen LogP contribution in [0.1, 0.15) is 10.4 Å². The average molecular weight is 184 g/mol. The normalized spacial score (nSPS) is 14.1. The van der Waals surface area contributed by atoms with Crippen molar-refractivity contribution in [3.63, 3.8) is 0 Å². The number of para-hydroxylation sites is 1. The molecule has 0 radical (unpaired) electrons. The summed E-state index contributed by atoms with van der Waals surface area (Å²) in [5.41, 5.74) is 1.64. The Kier molecular flexibility index (Phi) is 1.36. The van der Waals surface area contributed by atoms with Gasteiger partial charge in [0.15, 0.2) is 5.78 Å². The van der Waals surface area contributed by atoms with E-state index in [0.717, 1.165) is 10.9 Å². The van der Waals surface area contributed by atoms with E-state index in [-0.39, 0.29) is 5.78 Å². The number of anilines is 1. The summed E-state index contributed by atoms with van der Waals surface area (Å²) in [6.07, 6.45) is 0. The number of carbonyl (C=O) groups excluding carboxylic acids is 1. The molecule has 14 heavy (non-hydrogen) atoms. The molecule has 0 saturated carbocycles. The third-order valence-electron chi connectivity index (χ3n) is 2.44. The number of pyridine rings is 1. The third-order valence-corrected chi connectivity index (χ3v) is 2.44. The summed E-state index contributed by atoms with van der Waals surface area (Å²) in [6.45, 7) is 0.374. The first kappa shape index (κ1) is 7.50. The predicted molar refractivity (Wildman–Crippen MR) is 54.6 cm³/mol. The van der Waals surface area contributed by atoms with Gasteiger partial charge in [-0.3, -0.25) is 4.79 Å². The molecule has 1 aliphatic rings. The number of rotatable bonds is 0. The smallest absolute Gasteiger partial charge is 0.185 e. The van der Waals surface area contributed by atoms with Gasteiger partial charge in [-0.1, -0.05) is 18.2 Å². The summed E-state index contributed by atoms with van der Waals surface area (Å²) in [5, 5.41) is 4.00. The maximum Gasteiger partial charge on any atom is 0.185 e. The number of benzene rings is 1. The molecule has 0 aliphatic carbocycles. The predicted octanol–water partition coefficient (Wildman–Crippen LogP) is 1.84. The van der Waals surface area contributed by atoms with Crippen molar-refractivity contribution in [3.8, 4) is 0 Å². The van der Waals surface area contributed by atoms with E-state index in [1.165, 1.54) is 0 Å². The number of aromatic nitrogens is 1. The minimum absolute atomic E-state index is 0.123. The van der Waals surface area contributed by atoms with Crippen molar-refractivity contribution in [2.75, 3.05) is 11.9 Å². The van der Waals surface area contributed by atoms with Crippen molar-refractivity contribution in [2.24, 2.45) is 0 Å². The van der Waals surface area contributed by atoms with Crippen LogP contribution in [-0.2, 0) is 0 Å². The Morgan fingerprint density at radius 1 is 1.29 bits per heavy atom. The first-order valence-electron chi connectivity index (χ1n) is 4.51. The van der Waals surface area contributed by atoms with E-state index in [0.29, 0.717) is 17.9 Å². The van der Waals surface area contributed by atoms with Gasteiger partial charge in [0.25, 0.3) is 0 Å². The summed E-state index contributed by atoms with van der Waals surface area (Å²) in [4.78, 5) is 15.8. The lowest BCUT2D eigenvalue weighted by molar-refractivity contribution is 0.101. The second kappa shape index (κ2) is 2.54. The summed E-state index contributed by atoms with van der Waals surface area (Å²) >= 11 is 0. The van der Waals surface area contributed by atoms with E-state index in [9.17, 15) is 4.79 Å². The molecule has 3 heteroatoms. The summed E-state index contributed by atoms with van der Waals surface area (Å²) in [6, 6.07) is 9.70. The van der Waals surface area contributed by atoms with E-state index in [1.54, 1.807) is 0 Å². The lowest BCUT2D eigenvalue weighted by atomic mass is 10.1.